The smallest absolute Gasteiger partial charge is 0.142 e. The molecular formula is C16H15Cl2F2N. The number of halogens is 4. The molecule has 0 saturated carbocycles. The van der Waals surface area contributed by atoms with E-state index in [4.69, 9.17) is 23.2 Å². The minimum absolute atomic E-state index is 0.0894. The molecule has 1 atom stereocenters. The van der Waals surface area contributed by atoms with Crippen LogP contribution in [0, 0.1) is 11.6 Å². The summed E-state index contributed by atoms with van der Waals surface area (Å²) >= 11 is 11.4. The van der Waals surface area contributed by atoms with Gasteiger partial charge in [0.2, 0.25) is 0 Å². The van der Waals surface area contributed by atoms with Crippen LogP contribution in [0.5, 0.6) is 0 Å². The summed E-state index contributed by atoms with van der Waals surface area (Å²) in [6.07, 6.45) is 0.531. The van der Waals surface area contributed by atoms with Gasteiger partial charge in [-0.05, 0) is 48.4 Å². The topological polar surface area (TPSA) is 12.0 Å². The molecule has 1 unspecified atom stereocenters. The van der Waals surface area contributed by atoms with Crippen LogP contribution >= 0.6 is 23.2 Å². The van der Waals surface area contributed by atoms with Gasteiger partial charge in [0.25, 0.3) is 0 Å². The van der Waals surface area contributed by atoms with Crippen molar-refractivity contribution >= 4 is 23.2 Å². The summed E-state index contributed by atoms with van der Waals surface area (Å²) < 4.78 is 27.1. The molecule has 2 aromatic carbocycles. The maximum Gasteiger partial charge on any atom is 0.142 e. The summed E-state index contributed by atoms with van der Waals surface area (Å²) in [6, 6.07) is 9.27. The minimum Gasteiger partial charge on any atom is -0.310 e. The Balaban J connectivity index is 2.25. The van der Waals surface area contributed by atoms with Gasteiger partial charge in [-0.1, -0.05) is 42.3 Å². The zero-order valence-corrected chi connectivity index (χ0v) is 13.0. The van der Waals surface area contributed by atoms with E-state index in [0.29, 0.717) is 13.0 Å². The van der Waals surface area contributed by atoms with E-state index in [-0.39, 0.29) is 16.1 Å². The summed E-state index contributed by atoms with van der Waals surface area (Å²) in [7, 11) is 0. The molecule has 1 nitrogen and oxygen atoms in total. The van der Waals surface area contributed by atoms with Crippen LogP contribution in [0.15, 0.2) is 36.4 Å². The first-order chi connectivity index (χ1) is 10.0. The molecule has 1 N–H and O–H groups in total. The Kier molecular flexibility index (Phi) is 5.57. The molecule has 0 saturated heterocycles. The van der Waals surface area contributed by atoms with Gasteiger partial charge in [0.05, 0.1) is 10.0 Å². The third kappa shape index (κ3) is 4.16. The van der Waals surface area contributed by atoms with E-state index in [9.17, 15) is 8.78 Å². The van der Waals surface area contributed by atoms with Crippen molar-refractivity contribution < 1.29 is 8.78 Å². The van der Waals surface area contributed by atoms with E-state index in [1.807, 2.05) is 6.92 Å². The zero-order valence-electron chi connectivity index (χ0n) is 11.5. The third-order valence-corrected chi connectivity index (χ3v) is 3.83. The molecule has 0 aliphatic carbocycles. The maximum absolute atomic E-state index is 13.6. The minimum atomic E-state index is -0.459. The van der Waals surface area contributed by atoms with E-state index in [2.05, 4.69) is 5.32 Å². The Labute approximate surface area is 132 Å². The van der Waals surface area contributed by atoms with E-state index >= 15 is 0 Å². The quantitative estimate of drug-likeness (QED) is 0.798. The van der Waals surface area contributed by atoms with E-state index in [0.717, 1.165) is 11.1 Å². The molecule has 0 aliphatic rings. The van der Waals surface area contributed by atoms with Crippen molar-refractivity contribution in [1.82, 2.24) is 5.32 Å². The molecule has 0 radical (unpaired) electrons. The highest BCUT2D eigenvalue weighted by molar-refractivity contribution is 6.31. The summed E-state index contributed by atoms with van der Waals surface area (Å²) in [4.78, 5) is 0. The van der Waals surface area contributed by atoms with Crippen molar-refractivity contribution in [3.05, 3.63) is 69.2 Å². The number of hydrogen-bond donors (Lipinski definition) is 1. The van der Waals surface area contributed by atoms with Gasteiger partial charge in [-0.15, -0.1) is 0 Å². The Hall–Kier alpha value is -1.16. The second-order valence-corrected chi connectivity index (χ2v) is 5.55. The lowest BCUT2D eigenvalue weighted by atomic mass is 9.98. The standard InChI is InChI=1S/C16H15Cl2F2N/c1-2-21-16(11-4-6-13(18)15(20)9-11)8-10-3-5-12(17)14(19)7-10/h3-7,9,16,21H,2,8H2,1H3. The lowest BCUT2D eigenvalue weighted by Gasteiger charge is -2.19. The maximum atomic E-state index is 13.6. The predicted molar refractivity (Wildman–Crippen MR) is 82.9 cm³/mol. The van der Waals surface area contributed by atoms with Gasteiger partial charge in [0.15, 0.2) is 0 Å². The van der Waals surface area contributed by atoms with Gasteiger partial charge in [-0.2, -0.15) is 0 Å². The SMILES string of the molecule is CCNC(Cc1ccc(Cl)c(F)c1)c1ccc(Cl)c(F)c1. The zero-order chi connectivity index (χ0) is 15.4. The number of benzene rings is 2. The van der Waals surface area contributed by atoms with Crippen molar-refractivity contribution in [2.75, 3.05) is 6.54 Å². The highest BCUT2D eigenvalue weighted by Gasteiger charge is 2.14. The Morgan fingerprint density at radius 3 is 2.19 bits per heavy atom. The highest BCUT2D eigenvalue weighted by atomic mass is 35.5. The lowest BCUT2D eigenvalue weighted by molar-refractivity contribution is 0.540. The van der Waals surface area contributed by atoms with Crippen LogP contribution in [0.3, 0.4) is 0 Å². The van der Waals surface area contributed by atoms with E-state index in [1.165, 1.54) is 24.3 Å². The second-order valence-electron chi connectivity index (χ2n) is 4.74. The molecule has 0 bridgehead atoms. The number of rotatable bonds is 5. The number of nitrogens with one attached hydrogen (secondary N) is 1. The van der Waals surface area contributed by atoms with Gasteiger partial charge in [0.1, 0.15) is 11.6 Å². The van der Waals surface area contributed by atoms with Crippen LogP contribution < -0.4 is 5.32 Å². The molecule has 0 fully saturated rings. The van der Waals surface area contributed by atoms with Crippen LogP contribution in [0.25, 0.3) is 0 Å². The Morgan fingerprint density at radius 1 is 1.00 bits per heavy atom. The molecule has 0 spiro atoms. The fourth-order valence-electron chi connectivity index (χ4n) is 2.19. The number of likely N-dealkylation sites (N-methyl/N-ethyl adjacent to an activating group) is 1. The van der Waals surface area contributed by atoms with E-state index < -0.39 is 11.6 Å². The van der Waals surface area contributed by atoms with Crippen molar-refractivity contribution in [1.29, 1.82) is 0 Å². The first-order valence-electron chi connectivity index (χ1n) is 6.63. The molecule has 0 aliphatic heterocycles. The third-order valence-electron chi connectivity index (χ3n) is 3.22. The Bertz CT molecular complexity index is 632. The average Bonchev–Trinajstić information content (AvgIpc) is 2.45. The lowest BCUT2D eigenvalue weighted by Crippen LogP contribution is -2.23. The van der Waals surface area contributed by atoms with Gasteiger partial charge in [-0.25, -0.2) is 8.78 Å². The molecule has 0 amide bonds. The van der Waals surface area contributed by atoms with Crippen LogP contribution in [0.4, 0.5) is 8.78 Å². The van der Waals surface area contributed by atoms with Crippen LogP contribution in [0.2, 0.25) is 10.0 Å². The fourth-order valence-corrected chi connectivity index (χ4v) is 2.42. The number of hydrogen-bond acceptors (Lipinski definition) is 1. The predicted octanol–water partition coefficient (Wildman–Crippen LogP) is 5.16. The summed E-state index contributed by atoms with van der Waals surface area (Å²) in [6.45, 7) is 2.67. The van der Waals surface area contributed by atoms with Crippen molar-refractivity contribution in [3.8, 4) is 0 Å². The van der Waals surface area contributed by atoms with E-state index in [1.54, 1.807) is 12.1 Å². The summed E-state index contributed by atoms with van der Waals surface area (Å²) in [5.41, 5.74) is 1.56. The monoisotopic (exact) mass is 329 g/mol. The highest BCUT2D eigenvalue weighted by Crippen LogP contribution is 2.24. The second kappa shape index (κ2) is 7.21. The van der Waals surface area contributed by atoms with Gasteiger partial charge >= 0.3 is 0 Å². The molecular weight excluding hydrogens is 315 g/mol. The van der Waals surface area contributed by atoms with Crippen LogP contribution in [0.1, 0.15) is 24.1 Å². The van der Waals surface area contributed by atoms with Crippen molar-refractivity contribution in [2.24, 2.45) is 0 Å². The summed E-state index contributed by atoms with van der Waals surface area (Å²) in [5.74, 6) is -0.911. The molecule has 2 rings (SSSR count). The molecule has 2 aromatic rings. The van der Waals surface area contributed by atoms with Crippen molar-refractivity contribution in [3.63, 3.8) is 0 Å². The normalized spacial score (nSPS) is 12.4. The van der Waals surface area contributed by atoms with Crippen LogP contribution in [-0.2, 0) is 6.42 Å². The molecule has 112 valence electrons. The molecule has 0 aromatic heterocycles. The van der Waals surface area contributed by atoms with Gasteiger partial charge in [0, 0.05) is 6.04 Å². The van der Waals surface area contributed by atoms with Crippen molar-refractivity contribution in [2.45, 2.75) is 19.4 Å². The fraction of sp³-hybridized carbons (Fsp3) is 0.250. The molecule has 0 heterocycles. The first-order valence-corrected chi connectivity index (χ1v) is 7.39. The molecule has 21 heavy (non-hydrogen) atoms. The van der Waals surface area contributed by atoms with Gasteiger partial charge in [-0.3, -0.25) is 0 Å². The Morgan fingerprint density at radius 2 is 1.62 bits per heavy atom. The van der Waals surface area contributed by atoms with Gasteiger partial charge < -0.3 is 5.32 Å². The van der Waals surface area contributed by atoms with Crippen LogP contribution in [-0.4, -0.2) is 6.54 Å². The average molecular weight is 330 g/mol. The first kappa shape index (κ1) is 16.2. The summed E-state index contributed by atoms with van der Waals surface area (Å²) in [5, 5.41) is 3.45. The largest absolute Gasteiger partial charge is 0.310 e. The molecule has 5 heteroatoms.